The fourth-order valence-electron chi connectivity index (χ4n) is 2.56. The van der Waals surface area contributed by atoms with Gasteiger partial charge in [-0.3, -0.25) is 9.59 Å². The van der Waals surface area contributed by atoms with E-state index in [1.807, 2.05) is 51.1 Å². The number of carbonyl (C=O) groups excluding carboxylic acids is 2. The summed E-state index contributed by atoms with van der Waals surface area (Å²) < 4.78 is 5.55. The van der Waals surface area contributed by atoms with Gasteiger partial charge in [0.05, 0.1) is 0 Å². The number of hydrogen-bond acceptors (Lipinski definition) is 3. The van der Waals surface area contributed by atoms with Crippen molar-refractivity contribution in [3.8, 4) is 5.75 Å². The summed E-state index contributed by atoms with van der Waals surface area (Å²) in [7, 11) is 0. The highest BCUT2D eigenvalue weighted by molar-refractivity contribution is 5.96. The van der Waals surface area contributed by atoms with Crippen LogP contribution in [0.2, 0.25) is 0 Å². The van der Waals surface area contributed by atoms with Crippen molar-refractivity contribution in [1.29, 1.82) is 0 Å². The molecular formula is C21H24N2O3. The van der Waals surface area contributed by atoms with Gasteiger partial charge in [0.1, 0.15) is 5.75 Å². The first kappa shape index (κ1) is 18.0. The van der Waals surface area contributed by atoms with Gasteiger partial charge in [-0.15, -0.1) is 0 Å². The van der Waals surface area contributed by atoms with Crippen molar-refractivity contribution in [2.24, 2.45) is 5.92 Å². The minimum absolute atomic E-state index is 0.0506. The zero-order chi connectivity index (χ0) is 18.7. The molecular weight excluding hydrogens is 328 g/mol. The topological polar surface area (TPSA) is 67.4 Å². The van der Waals surface area contributed by atoms with Crippen LogP contribution < -0.4 is 15.4 Å². The average molecular weight is 352 g/mol. The minimum atomic E-state index is -0.244. The third-order valence-corrected chi connectivity index (χ3v) is 4.58. The van der Waals surface area contributed by atoms with Crippen LogP contribution in [0.3, 0.4) is 0 Å². The van der Waals surface area contributed by atoms with E-state index in [0.29, 0.717) is 11.4 Å². The standard InChI is InChI=1S/C21H24N2O3/c1-13-5-9-18(10-15(13)3)26-12-20(24)22-17-8-4-14(2)19(11-17)23-21(25)16-6-7-16/h4-5,8-11,16H,6-7,12H2,1-3H3,(H,22,24)(H,23,25). The summed E-state index contributed by atoms with van der Waals surface area (Å²) in [5, 5.41) is 5.74. The Morgan fingerprint density at radius 2 is 1.69 bits per heavy atom. The van der Waals surface area contributed by atoms with Gasteiger partial charge < -0.3 is 15.4 Å². The van der Waals surface area contributed by atoms with Crippen LogP contribution in [0, 0.1) is 26.7 Å². The van der Waals surface area contributed by atoms with Gasteiger partial charge in [0, 0.05) is 17.3 Å². The Hall–Kier alpha value is -2.82. The van der Waals surface area contributed by atoms with Crippen molar-refractivity contribution in [3.05, 3.63) is 53.1 Å². The number of hydrogen-bond donors (Lipinski definition) is 2. The van der Waals surface area contributed by atoms with Crippen molar-refractivity contribution >= 4 is 23.2 Å². The molecule has 0 aromatic heterocycles. The maximum Gasteiger partial charge on any atom is 0.262 e. The molecule has 0 heterocycles. The van der Waals surface area contributed by atoms with E-state index < -0.39 is 0 Å². The second kappa shape index (κ2) is 7.60. The van der Waals surface area contributed by atoms with Crippen LogP contribution in [0.15, 0.2) is 36.4 Å². The molecule has 0 radical (unpaired) electrons. The predicted octanol–water partition coefficient (Wildman–Crippen LogP) is 3.98. The Morgan fingerprint density at radius 3 is 2.38 bits per heavy atom. The summed E-state index contributed by atoms with van der Waals surface area (Å²) >= 11 is 0. The van der Waals surface area contributed by atoms with Gasteiger partial charge in [0.25, 0.3) is 5.91 Å². The van der Waals surface area contributed by atoms with Crippen molar-refractivity contribution in [2.45, 2.75) is 33.6 Å². The van der Waals surface area contributed by atoms with E-state index in [9.17, 15) is 9.59 Å². The predicted molar refractivity (Wildman–Crippen MR) is 103 cm³/mol. The van der Waals surface area contributed by atoms with E-state index in [-0.39, 0.29) is 24.3 Å². The Labute approximate surface area is 153 Å². The van der Waals surface area contributed by atoms with Crippen molar-refractivity contribution in [1.82, 2.24) is 0 Å². The number of anilines is 2. The lowest BCUT2D eigenvalue weighted by Gasteiger charge is -2.12. The SMILES string of the molecule is Cc1ccc(OCC(=O)Nc2ccc(C)c(NC(=O)C3CC3)c2)cc1C. The first-order valence-electron chi connectivity index (χ1n) is 8.84. The van der Waals surface area contributed by atoms with Crippen LogP contribution in [0.4, 0.5) is 11.4 Å². The van der Waals surface area contributed by atoms with Crippen LogP contribution in [-0.2, 0) is 9.59 Å². The van der Waals surface area contributed by atoms with Gasteiger partial charge in [0.2, 0.25) is 5.91 Å². The summed E-state index contributed by atoms with van der Waals surface area (Å²) in [5.74, 6) is 0.616. The fraction of sp³-hybridized carbons (Fsp3) is 0.333. The lowest BCUT2D eigenvalue weighted by molar-refractivity contribution is -0.118. The van der Waals surface area contributed by atoms with Crippen LogP contribution >= 0.6 is 0 Å². The summed E-state index contributed by atoms with van der Waals surface area (Å²) in [4.78, 5) is 24.1. The molecule has 3 rings (SSSR count). The molecule has 2 N–H and O–H groups in total. The molecule has 0 unspecified atom stereocenters. The van der Waals surface area contributed by atoms with Crippen LogP contribution in [0.1, 0.15) is 29.5 Å². The lowest BCUT2D eigenvalue weighted by atomic mass is 10.1. The summed E-state index contributed by atoms with van der Waals surface area (Å²) in [6.07, 6.45) is 1.91. The van der Waals surface area contributed by atoms with Crippen LogP contribution in [-0.4, -0.2) is 18.4 Å². The number of benzene rings is 2. The maximum absolute atomic E-state index is 12.2. The average Bonchev–Trinajstić information content (AvgIpc) is 3.44. The van der Waals surface area contributed by atoms with Crippen molar-refractivity contribution < 1.29 is 14.3 Å². The van der Waals surface area contributed by atoms with E-state index in [1.165, 1.54) is 5.56 Å². The normalized spacial score (nSPS) is 13.2. The van der Waals surface area contributed by atoms with E-state index >= 15 is 0 Å². The molecule has 0 bridgehead atoms. The third kappa shape index (κ3) is 4.63. The molecule has 136 valence electrons. The number of carbonyl (C=O) groups is 2. The highest BCUT2D eigenvalue weighted by Gasteiger charge is 2.29. The Kier molecular flexibility index (Phi) is 5.26. The van der Waals surface area contributed by atoms with E-state index in [1.54, 1.807) is 6.07 Å². The molecule has 1 saturated carbocycles. The van der Waals surface area contributed by atoms with E-state index in [0.717, 1.165) is 29.7 Å². The van der Waals surface area contributed by atoms with Gasteiger partial charge in [0.15, 0.2) is 6.61 Å². The second-order valence-electron chi connectivity index (χ2n) is 6.88. The fourth-order valence-corrected chi connectivity index (χ4v) is 2.56. The largest absolute Gasteiger partial charge is 0.484 e. The number of aryl methyl sites for hydroxylation is 3. The summed E-state index contributed by atoms with van der Waals surface area (Å²) in [6.45, 7) is 5.89. The van der Waals surface area contributed by atoms with E-state index in [2.05, 4.69) is 10.6 Å². The van der Waals surface area contributed by atoms with Crippen molar-refractivity contribution in [2.75, 3.05) is 17.2 Å². The summed E-state index contributed by atoms with van der Waals surface area (Å²) in [5.41, 5.74) is 4.63. The molecule has 0 spiro atoms. The number of nitrogens with one attached hydrogen (secondary N) is 2. The zero-order valence-electron chi connectivity index (χ0n) is 15.4. The number of amides is 2. The molecule has 1 aliphatic carbocycles. The Balaban J connectivity index is 1.58. The molecule has 2 amide bonds. The first-order chi connectivity index (χ1) is 12.4. The smallest absolute Gasteiger partial charge is 0.262 e. The number of rotatable bonds is 6. The quantitative estimate of drug-likeness (QED) is 0.826. The minimum Gasteiger partial charge on any atom is -0.484 e. The van der Waals surface area contributed by atoms with Gasteiger partial charge in [-0.25, -0.2) is 0 Å². The van der Waals surface area contributed by atoms with Gasteiger partial charge in [-0.2, -0.15) is 0 Å². The van der Waals surface area contributed by atoms with Gasteiger partial charge in [-0.05, 0) is 74.6 Å². The molecule has 5 nitrogen and oxygen atoms in total. The van der Waals surface area contributed by atoms with E-state index in [4.69, 9.17) is 4.74 Å². The molecule has 2 aromatic carbocycles. The Bertz CT molecular complexity index is 841. The second-order valence-corrected chi connectivity index (χ2v) is 6.88. The molecule has 26 heavy (non-hydrogen) atoms. The first-order valence-corrected chi connectivity index (χ1v) is 8.84. The molecule has 0 aliphatic heterocycles. The molecule has 2 aromatic rings. The highest BCUT2D eigenvalue weighted by Crippen LogP contribution is 2.31. The monoisotopic (exact) mass is 352 g/mol. The van der Waals surface area contributed by atoms with Crippen LogP contribution in [0.5, 0.6) is 5.75 Å². The highest BCUT2D eigenvalue weighted by atomic mass is 16.5. The zero-order valence-corrected chi connectivity index (χ0v) is 15.4. The molecule has 1 fully saturated rings. The molecule has 0 atom stereocenters. The molecule has 1 aliphatic rings. The number of ether oxygens (including phenoxy) is 1. The molecule has 5 heteroatoms. The van der Waals surface area contributed by atoms with Gasteiger partial charge >= 0.3 is 0 Å². The van der Waals surface area contributed by atoms with Gasteiger partial charge in [-0.1, -0.05) is 12.1 Å². The summed E-state index contributed by atoms with van der Waals surface area (Å²) in [6, 6.07) is 11.2. The van der Waals surface area contributed by atoms with Crippen molar-refractivity contribution in [3.63, 3.8) is 0 Å². The Morgan fingerprint density at radius 1 is 0.962 bits per heavy atom. The molecule has 0 saturated heterocycles. The third-order valence-electron chi connectivity index (χ3n) is 4.58. The van der Waals surface area contributed by atoms with Crippen LogP contribution in [0.25, 0.3) is 0 Å². The lowest BCUT2D eigenvalue weighted by Crippen LogP contribution is -2.20. The maximum atomic E-state index is 12.2.